The molecule has 0 bridgehead atoms. The lowest BCUT2D eigenvalue weighted by Crippen LogP contribution is -2.33. The van der Waals surface area contributed by atoms with Crippen LogP contribution in [0, 0.1) is 11.3 Å². The van der Waals surface area contributed by atoms with Crippen LogP contribution in [0.3, 0.4) is 0 Å². The molecule has 1 amide bonds. The molecule has 0 unspecified atom stereocenters. The van der Waals surface area contributed by atoms with Gasteiger partial charge in [0.25, 0.3) is 0 Å². The molecule has 0 aromatic carbocycles. The van der Waals surface area contributed by atoms with Gasteiger partial charge in [0.05, 0.1) is 0 Å². The molecule has 1 aliphatic heterocycles. The van der Waals surface area contributed by atoms with Crippen molar-refractivity contribution in [1.29, 1.82) is 0 Å². The zero-order valence-corrected chi connectivity index (χ0v) is 10.1. The van der Waals surface area contributed by atoms with Gasteiger partial charge >= 0.3 is 0 Å². The first kappa shape index (κ1) is 12.5. The Bertz CT molecular complexity index is 202. The molecule has 1 N–H and O–H groups in total. The number of ether oxygens (including phenoxy) is 1. The van der Waals surface area contributed by atoms with E-state index < -0.39 is 0 Å². The summed E-state index contributed by atoms with van der Waals surface area (Å²) in [7, 11) is 0. The Kier molecular flexibility index (Phi) is 4.58. The number of nitrogens with one attached hydrogen (secondary N) is 1. The highest BCUT2D eigenvalue weighted by molar-refractivity contribution is 5.76. The summed E-state index contributed by atoms with van der Waals surface area (Å²) in [6.07, 6.45) is 2.77. The third-order valence-electron chi connectivity index (χ3n) is 2.62. The average molecular weight is 213 g/mol. The highest BCUT2D eigenvalue weighted by Crippen LogP contribution is 2.18. The molecule has 0 atom stereocenters. The lowest BCUT2D eigenvalue weighted by atomic mass is 9.91. The van der Waals surface area contributed by atoms with Crippen molar-refractivity contribution >= 4 is 5.91 Å². The van der Waals surface area contributed by atoms with Crippen LogP contribution in [0.4, 0.5) is 0 Å². The van der Waals surface area contributed by atoms with Crippen molar-refractivity contribution in [3.63, 3.8) is 0 Å². The smallest absolute Gasteiger partial charge is 0.220 e. The Hall–Kier alpha value is -0.570. The third-order valence-corrected chi connectivity index (χ3v) is 2.62. The molecule has 0 aliphatic carbocycles. The predicted octanol–water partition coefficient (Wildman–Crippen LogP) is 1.97. The number of amides is 1. The lowest BCUT2D eigenvalue weighted by molar-refractivity contribution is -0.123. The van der Waals surface area contributed by atoms with Crippen molar-refractivity contribution in [1.82, 2.24) is 5.32 Å². The van der Waals surface area contributed by atoms with Gasteiger partial charge in [-0.05, 0) is 24.2 Å². The van der Waals surface area contributed by atoms with E-state index in [-0.39, 0.29) is 11.3 Å². The first-order valence-electron chi connectivity index (χ1n) is 5.82. The second-order valence-electron chi connectivity index (χ2n) is 5.60. The zero-order valence-electron chi connectivity index (χ0n) is 10.1. The van der Waals surface area contributed by atoms with Crippen molar-refractivity contribution in [2.75, 3.05) is 19.8 Å². The maximum absolute atomic E-state index is 11.6. The summed E-state index contributed by atoms with van der Waals surface area (Å²) in [5, 5.41) is 3.01. The highest BCUT2D eigenvalue weighted by Gasteiger charge is 2.18. The fourth-order valence-electron chi connectivity index (χ4n) is 1.75. The molecular formula is C12H23NO2. The van der Waals surface area contributed by atoms with E-state index in [1.54, 1.807) is 0 Å². The van der Waals surface area contributed by atoms with Crippen LogP contribution in [0.2, 0.25) is 0 Å². The second kappa shape index (κ2) is 5.50. The second-order valence-corrected chi connectivity index (χ2v) is 5.60. The van der Waals surface area contributed by atoms with Crippen LogP contribution in [0.5, 0.6) is 0 Å². The molecule has 0 aromatic heterocycles. The Balaban J connectivity index is 2.15. The molecule has 0 saturated carbocycles. The molecule has 0 spiro atoms. The summed E-state index contributed by atoms with van der Waals surface area (Å²) in [4.78, 5) is 11.6. The fourth-order valence-corrected chi connectivity index (χ4v) is 1.75. The van der Waals surface area contributed by atoms with Gasteiger partial charge in [-0.1, -0.05) is 20.8 Å². The molecule has 0 radical (unpaired) electrons. The highest BCUT2D eigenvalue weighted by atomic mass is 16.5. The fraction of sp³-hybridized carbons (Fsp3) is 0.917. The van der Waals surface area contributed by atoms with E-state index in [1.165, 1.54) is 0 Å². The minimum Gasteiger partial charge on any atom is -0.381 e. The Morgan fingerprint density at radius 3 is 2.47 bits per heavy atom. The van der Waals surface area contributed by atoms with E-state index in [1.807, 2.05) is 0 Å². The van der Waals surface area contributed by atoms with Gasteiger partial charge in [0.1, 0.15) is 0 Å². The molecule has 15 heavy (non-hydrogen) atoms. The van der Waals surface area contributed by atoms with Gasteiger partial charge in [0.15, 0.2) is 0 Å². The molecule has 1 heterocycles. The maximum Gasteiger partial charge on any atom is 0.220 e. The Morgan fingerprint density at radius 2 is 1.93 bits per heavy atom. The molecule has 1 aliphatic rings. The van der Waals surface area contributed by atoms with Crippen molar-refractivity contribution in [2.24, 2.45) is 11.3 Å². The summed E-state index contributed by atoms with van der Waals surface area (Å²) in [5.41, 5.74) is 0.0831. The van der Waals surface area contributed by atoms with Crippen molar-refractivity contribution in [2.45, 2.75) is 40.0 Å². The maximum atomic E-state index is 11.6. The van der Waals surface area contributed by atoms with E-state index in [2.05, 4.69) is 26.1 Å². The first-order valence-corrected chi connectivity index (χ1v) is 5.82. The minimum absolute atomic E-state index is 0.0831. The van der Waals surface area contributed by atoms with Crippen LogP contribution < -0.4 is 5.32 Å². The van der Waals surface area contributed by atoms with Gasteiger partial charge in [-0.25, -0.2) is 0 Å². The molecular weight excluding hydrogens is 190 g/mol. The minimum atomic E-state index is 0.0831. The van der Waals surface area contributed by atoms with Gasteiger partial charge in [0.2, 0.25) is 5.91 Å². The first-order chi connectivity index (χ1) is 6.97. The standard InChI is InChI=1S/C12H23NO2/c1-12(2,3)8-11(14)13-9-10-4-6-15-7-5-10/h10H,4-9H2,1-3H3,(H,13,14). The van der Waals surface area contributed by atoms with E-state index in [9.17, 15) is 4.79 Å². The molecule has 1 rings (SSSR count). The summed E-state index contributed by atoms with van der Waals surface area (Å²) >= 11 is 0. The van der Waals surface area contributed by atoms with Crippen LogP contribution in [-0.2, 0) is 9.53 Å². The van der Waals surface area contributed by atoms with Gasteiger partial charge < -0.3 is 10.1 Å². The quantitative estimate of drug-likeness (QED) is 0.778. The van der Waals surface area contributed by atoms with E-state index >= 15 is 0 Å². The van der Waals surface area contributed by atoms with Crippen LogP contribution in [0.25, 0.3) is 0 Å². The monoisotopic (exact) mass is 213 g/mol. The lowest BCUT2D eigenvalue weighted by Gasteiger charge is -2.23. The van der Waals surface area contributed by atoms with Crippen LogP contribution in [0.15, 0.2) is 0 Å². The van der Waals surface area contributed by atoms with E-state index in [0.717, 1.165) is 32.6 Å². The van der Waals surface area contributed by atoms with Gasteiger partial charge in [-0.3, -0.25) is 4.79 Å². The number of carbonyl (C=O) groups excluding carboxylic acids is 1. The van der Waals surface area contributed by atoms with E-state index in [0.29, 0.717) is 12.3 Å². The molecule has 1 fully saturated rings. The number of hydrogen-bond acceptors (Lipinski definition) is 2. The summed E-state index contributed by atoms with van der Waals surface area (Å²) in [5.74, 6) is 0.789. The van der Waals surface area contributed by atoms with Gasteiger partial charge in [-0.15, -0.1) is 0 Å². The predicted molar refractivity (Wildman–Crippen MR) is 60.6 cm³/mol. The van der Waals surface area contributed by atoms with Gasteiger partial charge in [0, 0.05) is 26.2 Å². The largest absolute Gasteiger partial charge is 0.381 e. The van der Waals surface area contributed by atoms with Crippen molar-refractivity contribution < 1.29 is 9.53 Å². The van der Waals surface area contributed by atoms with Crippen molar-refractivity contribution in [3.05, 3.63) is 0 Å². The molecule has 3 nitrogen and oxygen atoms in total. The molecule has 1 saturated heterocycles. The molecule has 3 heteroatoms. The third kappa shape index (κ3) is 5.78. The van der Waals surface area contributed by atoms with E-state index in [4.69, 9.17) is 4.74 Å². The number of hydrogen-bond donors (Lipinski definition) is 1. The number of carbonyl (C=O) groups is 1. The summed E-state index contributed by atoms with van der Waals surface area (Å²) in [6.45, 7) is 8.76. The summed E-state index contributed by atoms with van der Waals surface area (Å²) in [6, 6.07) is 0. The molecule has 0 aromatic rings. The van der Waals surface area contributed by atoms with Crippen LogP contribution >= 0.6 is 0 Å². The Labute approximate surface area is 92.6 Å². The SMILES string of the molecule is CC(C)(C)CC(=O)NCC1CCOCC1. The van der Waals surface area contributed by atoms with Gasteiger partial charge in [-0.2, -0.15) is 0 Å². The average Bonchev–Trinajstić information content (AvgIpc) is 2.14. The molecule has 88 valence electrons. The topological polar surface area (TPSA) is 38.3 Å². The van der Waals surface area contributed by atoms with Crippen LogP contribution in [-0.4, -0.2) is 25.7 Å². The Morgan fingerprint density at radius 1 is 1.33 bits per heavy atom. The zero-order chi connectivity index (χ0) is 11.3. The normalized spacial score (nSPS) is 18.9. The van der Waals surface area contributed by atoms with Crippen molar-refractivity contribution in [3.8, 4) is 0 Å². The van der Waals surface area contributed by atoms with Crippen LogP contribution in [0.1, 0.15) is 40.0 Å². The number of rotatable bonds is 3. The summed E-state index contributed by atoms with van der Waals surface area (Å²) < 4.78 is 5.27.